The Hall–Kier alpha value is -3.71. The highest BCUT2D eigenvalue weighted by Gasteiger charge is 2.76. The highest BCUT2D eigenvalue weighted by Crippen LogP contribution is 2.47. The molecule has 1 amide bonds. The van der Waals surface area contributed by atoms with E-state index in [1.54, 1.807) is 24.8 Å². The van der Waals surface area contributed by atoms with Crippen molar-refractivity contribution in [1.82, 2.24) is 24.4 Å². The van der Waals surface area contributed by atoms with Crippen molar-refractivity contribution in [2.45, 2.75) is 18.0 Å². The third-order valence-corrected chi connectivity index (χ3v) is 5.48. The molecular weight excluding hydrogens is 485 g/mol. The van der Waals surface area contributed by atoms with Crippen molar-refractivity contribution in [3.05, 3.63) is 55.2 Å². The van der Waals surface area contributed by atoms with E-state index in [1.807, 2.05) is 28.8 Å². The number of amides is 1. The first kappa shape index (κ1) is 24.4. The minimum absolute atomic E-state index is 0.136. The van der Waals surface area contributed by atoms with Crippen molar-refractivity contribution in [3.8, 4) is 16.9 Å². The molecular formula is C21H17F7N6O. The fraction of sp³-hybridized carbons (Fsp3) is 0.333. The van der Waals surface area contributed by atoms with Crippen molar-refractivity contribution in [3.63, 3.8) is 0 Å². The summed E-state index contributed by atoms with van der Waals surface area (Å²) in [5, 5.41) is 0. The lowest BCUT2D eigenvalue weighted by molar-refractivity contribution is -0.346. The Bertz CT molecular complexity index is 1170. The molecule has 14 heteroatoms. The van der Waals surface area contributed by atoms with Gasteiger partial charge in [0.25, 0.3) is 5.91 Å². The Balaban J connectivity index is 1.44. The summed E-state index contributed by atoms with van der Waals surface area (Å²) in [6.07, 6.45) is -0.0399. The second kappa shape index (κ2) is 8.82. The summed E-state index contributed by atoms with van der Waals surface area (Å²) >= 11 is 0. The van der Waals surface area contributed by atoms with E-state index in [2.05, 4.69) is 15.0 Å². The highest BCUT2D eigenvalue weighted by molar-refractivity contribution is 5.85. The molecule has 0 saturated carbocycles. The number of halogens is 7. The average Bonchev–Trinajstić information content (AvgIpc) is 3.38. The van der Waals surface area contributed by atoms with E-state index >= 15 is 0 Å². The Morgan fingerprint density at radius 3 is 2.09 bits per heavy atom. The van der Waals surface area contributed by atoms with E-state index in [1.165, 1.54) is 11.1 Å². The second-order valence-corrected chi connectivity index (χ2v) is 7.68. The third-order valence-electron chi connectivity index (χ3n) is 5.48. The van der Waals surface area contributed by atoms with Gasteiger partial charge in [-0.15, -0.1) is 0 Å². The van der Waals surface area contributed by atoms with Gasteiger partial charge in [-0.1, -0.05) is 12.1 Å². The largest absolute Gasteiger partial charge is 0.460 e. The first-order chi connectivity index (χ1) is 16.4. The average molecular weight is 502 g/mol. The van der Waals surface area contributed by atoms with Gasteiger partial charge in [0.15, 0.2) is 0 Å². The molecule has 0 atom stereocenters. The number of imidazole rings is 1. The monoisotopic (exact) mass is 502 g/mol. The van der Waals surface area contributed by atoms with Crippen LogP contribution in [-0.2, 0) is 4.79 Å². The van der Waals surface area contributed by atoms with Crippen LogP contribution in [0.2, 0.25) is 0 Å². The molecule has 3 heterocycles. The summed E-state index contributed by atoms with van der Waals surface area (Å²) in [4.78, 5) is 26.2. The molecule has 1 aliphatic rings. The molecule has 186 valence electrons. The molecule has 0 unspecified atom stereocenters. The summed E-state index contributed by atoms with van der Waals surface area (Å²) in [5.74, 6) is -14.8. The topological polar surface area (TPSA) is 67.2 Å². The molecule has 3 aromatic rings. The Morgan fingerprint density at radius 1 is 0.857 bits per heavy atom. The lowest BCUT2D eigenvalue weighted by Crippen LogP contribution is -2.62. The van der Waals surface area contributed by atoms with Crippen LogP contribution >= 0.6 is 0 Å². The number of alkyl halides is 7. The van der Waals surface area contributed by atoms with Crippen LogP contribution in [0, 0.1) is 0 Å². The SMILES string of the molecule is O=C(N1CCN(c2nccc(-c3ccc(-n4ccnc4)cc3)n2)CC1)C(F)(F)C(F)(F)C(F)(F)F. The second-order valence-electron chi connectivity index (χ2n) is 7.68. The van der Waals surface area contributed by atoms with E-state index in [9.17, 15) is 35.5 Å². The Kier molecular flexibility index (Phi) is 6.15. The summed E-state index contributed by atoms with van der Waals surface area (Å²) in [6, 6.07) is 8.98. The van der Waals surface area contributed by atoms with Gasteiger partial charge in [0, 0.05) is 56.0 Å². The predicted molar refractivity (Wildman–Crippen MR) is 109 cm³/mol. The van der Waals surface area contributed by atoms with Gasteiger partial charge >= 0.3 is 18.0 Å². The van der Waals surface area contributed by atoms with Crippen molar-refractivity contribution < 1.29 is 35.5 Å². The first-order valence-corrected chi connectivity index (χ1v) is 10.2. The fourth-order valence-electron chi connectivity index (χ4n) is 3.50. The molecule has 0 spiro atoms. The van der Waals surface area contributed by atoms with Crippen molar-refractivity contribution in [2.24, 2.45) is 0 Å². The molecule has 4 rings (SSSR count). The minimum Gasteiger partial charge on any atom is -0.337 e. The quantitative estimate of drug-likeness (QED) is 0.497. The number of anilines is 1. The number of aromatic nitrogens is 4. The lowest BCUT2D eigenvalue weighted by atomic mass is 10.1. The number of carbonyl (C=O) groups is 1. The van der Waals surface area contributed by atoms with Gasteiger partial charge in [0.1, 0.15) is 0 Å². The van der Waals surface area contributed by atoms with Crippen molar-refractivity contribution in [1.29, 1.82) is 0 Å². The van der Waals surface area contributed by atoms with Gasteiger partial charge in [0.2, 0.25) is 5.95 Å². The predicted octanol–water partition coefficient (Wildman–Crippen LogP) is 3.81. The highest BCUT2D eigenvalue weighted by atomic mass is 19.4. The maximum absolute atomic E-state index is 13.8. The maximum Gasteiger partial charge on any atom is 0.460 e. The van der Waals surface area contributed by atoms with Crippen molar-refractivity contribution >= 4 is 11.9 Å². The zero-order valence-electron chi connectivity index (χ0n) is 17.8. The fourth-order valence-corrected chi connectivity index (χ4v) is 3.50. The zero-order chi connectivity index (χ0) is 25.4. The van der Waals surface area contributed by atoms with E-state index in [0.717, 1.165) is 11.3 Å². The third kappa shape index (κ3) is 4.51. The van der Waals surface area contributed by atoms with Crippen LogP contribution in [0.1, 0.15) is 0 Å². The summed E-state index contributed by atoms with van der Waals surface area (Å²) < 4.78 is 92.9. The van der Waals surface area contributed by atoms with Crippen molar-refractivity contribution in [2.75, 3.05) is 31.1 Å². The molecule has 35 heavy (non-hydrogen) atoms. The molecule has 2 aromatic heterocycles. The molecule has 1 aliphatic heterocycles. The van der Waals surface area contributed by atoms with Crippen LogP contribution in [0.4, 0.5) is 36.7 Å². The normalized spacial score (nSPS) is 15.4. The lowest BCUT2D eigenvalue weighted by Gasteiger charge is -2.37. The van der Waals surface area contributed by atoms with E-state index in [4.69, 9.17) is 0 Å². The number of carbonyl (C=O) groups excluding carboxylic acids is 1. The van der Waals surface area contributed by atoms with Gasteiger partial charge < -0.3 is 14.4 Å². The Labute approximate surface area is 193 Å². The first-order valence-electron chi connectivity index (χ1n) is 10.2. The number of benzene rings is 1. The summed E-state index contributed by atoms with van der Waals surface area (Å²) in [6.45, 7) is -1.28. The standard InChI is InChI=1S/C21H17F7N6O/c22-19(23,20(24,25)21(26,27)28)17(35)32-9-11-33(12-10-32)18-30-6-5-16(31-18)14-1-3-15(4-2-14)34-8-7-29-13-34/h1-8,13H,9-12H2. The van der Waals surface area contributed by atoms with Gasteiger partial charge in [-0.25, -0.2) is 15.0 Å². The molecule has 0 N–H and O–H groups in total. The summed E-state index contributed by atoms with van der Waals surface area (Å²) in [5.41, 5.74) is 2.16. The molecule has 0 radical (unpaired) electrons. The van der Waals surface area contributed by atoms with E-state index in [0.29, 0.717) is 5.69 Å². The van der Waals surface area contributed by atoms with Gasteiger partial charge in [0.05, 0.1) is 12.0 Å². The maximum atomic E-state index is 13.8. The number of nitrogens with zero attached hydrogens (tertiary/aromatic N) is 6. The van der Waals surface area contributed by atoms with Gasteiger partial charge in [-0.3, -0.25) is 4.79 Å². The van der Waals surface area contributed by atoms with Gasteiger partial charge in [-0.05, 0) is 18.2 Å². The summed E-state index contributed by atoms with van der Waals surface area (Å²) in [7, 11) is 0. The van der Waals surface area contributed by atoms with Gasteiger partial charge in [-0.2, -0.15) is 30.7 Å². The molecule has 1 fully saturated rings. The molecule has 0 aliphatic carbocycles. The number of piperazine rings is 1. The number of hydrogen-bond acceptors (Lipinski definition) is 5. The van der Waals surface area contributed by atoms with Crippen LogP contribution in [0.3, 0.4) is 0 Å². The molecule has 1 saturated heterocycles. The molecule has 0 bridgehead atoms. The number of rotatable bonds is 5. The zero-order valence-corrected chi connectivity index (χ0v) is 17.8. The number of hydrogen-bond donors (Lipinski definition) is 0. The smallest absolute Gasteiger partial charge is 0.337 e. The van der Waals surface area contributed by atoms with E-state index in [-0.39, 0.29) is 23.9 Å². The molecule has 7 nitrogen and oxygen atoms in total. The van der Waals surface area contributed by atoms with Crippen LogP contribution in [0.15, 0.2) is 55.2 Å². The van der Waals surface area contributed by atoms with Crippen LogP contribution in [0.25, 0.3) is 16.9 Å². The van der Waals surface area contributed by atoms with Crippen LogP contribution in [0.5, 0.6) is 0 Å². The molecule has 1 aromatic carbocycles. The van der Waals surface area contributed by atoms with E-state index < -0.39 is 37.0 Å². The minimum atomic E-state index is -6.57. The van der Waals surface area contributed by atoms with Crippen LogP contribution in [-0.4, -0.2) is 74.5 Å². The Morgan fingerprint density at radius 2 is 1.51 bits per heavy atom. The van der Waals surface area contributed by atoms with Crippen LogP contribution < -0.4 is 4.90 Å².